The zero-order valence-corrected chi connectivity index (χ0v) is 16.7. The van der Waals surface area contributed by atoms with E-state index in [1.807, 2.05) is 24.8 Å². The maximum atomic E-state index is 12.6. The average molecular weight is 354 g/mol. The molecule has 0 saturated carbocycles. The molecule has 1 amide bonds. The van der Waals surface area contributed by atoms with Crippen LogP contribution in [0, 0.1) is 27.7 Å². The molecule has 140 valence electrons. The van der Waals surface area contributed by atoms with Gasteiger partial charge >= 0.3 is 0 Å². The molecule has 2 aromatic rings. The van der Waals surface area contributed by atoms with E-state index >= 15 is 0 Å². The molecule has 1 aliphatic heterocycles. The van der Waals surface area contributed by atoms with Crippen molar-refractivity contribution in [1.82, 2.24) is 9.80 Å². The lowest BCUT2D eigenvalue weighted by Crippen LogP contribution is -2.29. The van der Waals surface area contributed by atoms with Crippen molar-refractivity contribution in [3.63, 3.8) is 0 Å². The minimum absolute atomic E-state index is 0.190. The normalized spacial score (nSPS) is 13.8. The first-order valence-corrected chi connectivity index (χ1v) is 9.49. The van der Waals surface area contributed by atoms with Gasteiger partial charge in [-0.15, -0.1) is 0 Å². The lowest BCUT2D eigenvalue weighted by atomic mass is 10.0. The van der Waals surface area contributed by atoms with Crippen LogP contribution in [0.3, 0.4) is 0 Å². The highest BCUT2D eigenvalue weighted by atomic mass is 16.3. The number of nitrogens with zero attached hydrogens (tertiary/aromatic N) is 2. The summed E-state index contributed by atoms with van der Waals surface area (Å²) in [6.45, 7) is 11.8. The summed E-state index contributed by atoms with van der Waals surface area (Å²) in [6, 6.07) is 6.35. The highest BCUT2D eigenvalue weighted by Crippen LogP contribution is 2.26. The zero-order valence-electron chi connectivity index (χ0n) is 16.7. The topological polar surface area (TPSA) is 36.7 Å². The third-order valence-corrected chi connectivity index (χ3v) is 5.47. The van der Waals surface area contributed by atoms with E-state index in [0.717, 1.165) is 56.1 Å². The van der Waals surface area contributed by atoms with Crippen LogP contribution in [0.2, 0.25) is 0 Å². The number of fused-ring (bicyclic) bond motifs is 1. The van der Waals surface area contributed by atoms with Crippen LogP contribution in [-0.4, -0.2) is 42.4 Å². The minimum Gasteiger partial charge on any atom is -0.466 e. The Hall–Kier alpha value is -2.07. The van der Waals surface area contributed by atoms with Gasteiger partial charge < -0.3 is 14.2 Å². The van der Waals surface area contributed by atoms with Crippen LogP contribution in [0.15, 0.2) is 22.6 Å². The molecule has 1 aliphatic rings. The monoisotopic (exact) mass is 354 g/mol. The Balaban J connectivity index is 1.45. The number of benzene rings is 1. The summed E-state index contributed by atoms with van der Waals surface area (Å²) >= 11 is 0. The van der Waals surface area contributed by atoms with Gasteiger partial charge in [0.2, 0.25) is 0 Å². The Kier molecular flexibility index (Phi) is 5.52. The second-order valence-corrected chi connectivity index (χ2v) is 7.67. The van der Waals surface area contributed by atoms with E-state index in [-0.39, 0.29) is 5.91 Å². The van der Waals surface area contributed by atoms with E-state index in [1.54, 1.807) is 0 Å². The van der Waals surface area contributed by atoms with Crippen LogP contribution in [0.4, 0.5) is 0 Å². The summed E-state index contributed by atoms with van der Waals surface area (Å²) in [6.07, 6.45) is 2.00. The summed E-state index contributed by atoms with van der Waals surface area (Å²) in [4.78, 5) is 16.9. The molecular weight excluding hydrogens is 324 g/mol. The second-order valence-electron chi connectivity index (χ2n) is 7.67. The fourth-order valence-corrected chi connectivity index (χ4v) is 3.72. The average Bonchev–Trinajstić information content (AvgIpc) is 3.06. The Labute approximate surface area is 156 Å². The maximum absolute atomic E-state index is 12.6. The van der Waals surface area contributed by atoms with Gasteiger partial charge in [-0.05, 0) is 88.5 Å². The Bertz CT molecular complexity index is 807. The van der Waals surface area contributed by atoms with Crippen molar-refractivity contribution in [1.29, 1.82) is 0 Å². The molecule has 0 bridgehead atoms. The van der Waals surface area contributed by atoms with Crippen LogP contribution >= 0.6 is 0 Å². The van der Waals surface area contributed by atoms with Crippen LogP contribution in [-0.2, 0) is 13.0 Å². The molecular formula is C22H30N2O2. The van der Waals surface area contributed by atoms with Gasteiger partial charge in [-0.1, -0.05) is 6.07 Å². The molecule has 4 nitrogen and oxygen atoms in total. The smallest absolute Gasteiger partial charge is 0.254 e. The van der Waals surface area contributed by atoms with Gasteiger partial charge in [-0.3, -0.25) is 4.79 Å². The predicted octanol–water partition coefficient (Wildman–Crippen LogP) is 4.03. The molecule has 0 unspecified atom stereocenters. The van der Waals surface area contributed by atoms with Crippen LogP contribution < -0.4 is 0 Å². The van der Waals surface area contributed by atoms with Crippen molar-refractivity contribution in [2.24, 2.45) is 0 Å². The molecule has 0 N–H and O–H groups in total. The maximum Gasteiger partial charge on any atom is 0.254 e. The zero-order chi connectivity index (χ0) is 18.8. The molecule has 1 aromatic heterocycles. The number of furan rings is 1. The standard InChI is InChI=1S/C22H30N2O2/c1-15-11-20-14-24(22(25)21(20)12-16(15)2)9-6-8-23(5)10-7-19-13-17(3)26-18(19)4/h11-13H,6-10,14H2,1-5H3. The Morgan fingerprint density at radius 2 is 1.81 bits per heavy atom. The molecule has 0 atom stereocenters. The number of amides is 1. The largest absolute Gasteiger partial charge is 0.466 e. The first-order valence-electron chi connectivity index (χ1n) is 9.49. The highest BCUT2D eigenvalue weighted by molar-refractivity contribution is 5.98. The molecule has 4 heteroatoms. The molecule has 0 saturated heterocycles. The SMILES string of the molecule is Cc1cc(CCN(C)CCCN2Cc3cc(C)c(C)cc3C2=O)c(C)o1. The summed E-state index contributed by atoms with van der Waals surface area (Å²) in [7, 11) is 2.15. The molecule has 0 fully saturated rings. The van der Waals surface area contributed by atoms with E-state index in [9.17, 15) is 4.79 Å². The van der Waals surface area contributed by atoms with Crippen LogP contribution in [0.5, 0.6) is 0 Å². The van der Waals surface area contributed by atoms with Crippen molar-refractivity contribution in [2.75, 3.05) is 26.7 Å². The van der Waals surface area contributed by atoms with E-state index in [2.05, 4.69) is 37.9 Å². The fourth-order valence-electron chi connectivity index (χ4n) is 3.72. The summed E-state index contributed by atoms with van der Waals surface area (Å²) < 4.78 is 5.59. The molecule has 2 heterocycles. The number of aryl methyl sites for hydroxylation is 4. The minimum atomic E-state index is 0.190. The number of hydrogen-bond donors (Lipinski definition) is 0. The molecule has 0 spiro atoms. The molecule has 0 radical (unpaired) electrons. The number of hydrogen-bond acceptors (Lipinski definition) is 3. The van der Waals surface area contributed by atoms with E-state index in [4.69, 9.17) is 4.42 Å². The second kappa shape index (κ2) is 7.67. The van der Waals surface area contributed by atoms with Gasteiger partial charge in [0, 0.05) is 25.2 Å². The van der Waals surface area contributed by atoms with Gasteiger partial charge in [-0.2, -0.15) is 0 Å². The molecule has 3 rings (SSSR count). The van der Waals surface area contributed by atoms with E-state index < -0.39 is 0 Å². The number of rotatable bonds is 7. The highest BCUT2D eigenvalue weighted by Gasteiger charge is 2.27. The first kappa shape index (κ1) is 18.7. The van der Waals surface area contributed by atoms with E-state index in [1.165, 1.54) is 22.3 Å². The quantitative estimate of drug-likeness (QED) is 0.753. The first-order chi connectivity index (χ1) is 12.3. The van der Waals surface area contributed by atoms with Crippen molar-refractivity contribution < 1.29 is 9.21 Å². The molecule has 26 heavy (non-hydrogen) atoms. The third-order valence-electron chi connectivity index (χ3n) is 5.47. The number of carbonyl (C=O) groups is 1. The summed E-state index contributed by atoms with van der Waals surface area (Å²) in [5, 5.41) is 0. The fraction of sp³-hybridized carbons (Fsp3) is 0.500. The van der Waals surface area contributed by atoms with Crippen LogP contribution in [0.25, 0.3) is 0 Å². The Morgan fingerprint density at radius 3 is 2.50 bits per heavy atom. The van der Waals surface area contributed by atoms with Gasteiger partial charge in [-0.25, -0.2) is 0 Å². The van der Waals surface area contributed by atoms with Crippen molar-refractivity contribution in [3.05, 3.63) is 57.5 Å². The predicted molar refractivity (Wildman–Crippen MR) is 105 cm³/mol. The number of likely N-dealkylation sites (N-methyl/N-ethyl adjacent to an activating group) is 1. The van der Waals surface area contributed by atoms with Gasteiger partial charge in [0.05, 0.1) is 0 Å². The molecule has 1 aromatic carbocycles. The van der Waals surface area contributed by atoms with Crippen molar-refractivity contribution >= 4 is 5.91 Å². The Morgan fingerprint density at radius 1 is 1.08 bits per heavy atom. The van der Waals surface area contributed by atoms with Gasteiger partial charge in [0.15, 0.2) is 0 Å². The van der Waals surface area contributed by atoms with Crippen LogP contribution in [0.1, 0.15) is 50.6 Å². The lowest BCUT2D eigenvalue weighted by Gasteiger charge is -2.20. The lowest BCUT2D eigenvalue weighted by molar-refractivity contribution is 0.0772. The molecule has 0 aliphatic carbocycles. The third kappa shape index (κ3) is 4.01. The van der Waals surface area contributed by atoms with Crippen molar-refractivity contribution in [2.45, 2.75) is 47.1 Å². The summed E-state index contributed by atoms with van der Waals surface area (Å²) in [5.41, 5.74) is 5.83. The van der Waals surface area contributed by atoms with Crippen molar-refractivity contribution in [3.8, 4) is 0 Å². The van der Waals surface area contributed by atoms with Gasteiger partial charge in [0.1, 0.15) is 11.5 Å². The number of carbonyl (C=O) groups excluding carboxylic acids is 1. The van der Waals surface area contributed by atoms with E-state index in [0.29, 0.717) is 0 Å². The summed E-state index contributed by atoms with van der Waals surface area (Å²) in [5.74, 6) is 2.20. The van der Waals surface area contributed by atoms with Gasteiger partial charge in [0.25, 0.3) is 5.91 Å².